The quantitative estimate of drug-likeness (QED) is 0.0426. The molecule has 0 aromatic heterocycles. The van der Waals surface area contributed by atoms with Gasteiger partial charge in [0.15, 0.2) is 55.9 Å². The predicted octanol–water partition coefficient (Wildman–Crippen LogP) is 4.72. The number of hydrogen-bond acceptors (Lipinski definition) is 25. The number of hydrogen-bond donors (Lipinski definition) is 7. The molecule has 25 heteroatoms. The standard InChI is InChI=1S/C65H102O25/c1-11-14-21-28-41-29-24-18-16-15-17-19-25-30-42(66)84-56-49(73)51(37(8)80-64(56)89-55-47(71)45(69)36(7)78-63(55)82-41)87-65-58(86-60(76)34(5)13-3)57(90-61-48(72)46(70)44(68)35(6)77-61)53(39(10)81-65)88-62-50(74)54(52(38(9)79-62)85-59(75)33(4)12-2)83-43(67)32-31-40-26-22-20-23-27-40/h20,22-23,26-27,31-39,41,44-58,61-65,68-74H,11-19,21,24-25,28-30H2,1-10H3/t33-,34-,35-,36+,37-,38-,39-,41-,44-,45-,46+,47-,48+,49+,50+,51-,52-,53-,54-,55+,56+,57+,58+,61-,62-,63-,64-,65-/m0/s1. The highest BCUT2D eigenvalue weighted by atomic mass is 16.8. The van der Waals surface area contributed by atoms with Crippen LogP contribution in [0.15, 0.2) is 36.4 Å². The Hall–Kier alpha value is -3.84. The fourth-order valence-electron chi connectivity index (χ4n) is 11.9. The molecule has 6 aliphatic rings. The lowest BCUT2D eigenvalue weighted by Gasteiger charge is -2.51. The van der Waals surface area contributed by atoms with Gasteiger partial charge in [-0.1, -0.05) is 123 Å². The van der Waals surface area contributed by atoms with Crippen LogP contribution in [-0.4, -0.2) is 219 Å². The van der Waals surface area contributed by atoms with Gasteiger partial charge in [-0.05, 0) is 78.4 Å². The van der Waals surface area contributed by atoms with Gasteiger partial charge in [0, 0.05) is 12.5 Å². The van der Waals surface area contributed by atoms with Gasteiger partial charge in [-0.25, -0.2) is 4.79 Å². The van der Waals surface area contributed by atoms with Crippen molar-refractivity contribution in [3.63, 3.8) is 0 Å². The Kier molecular flexibility index (Phi) is 28.7. The first-order chi connectivity index (χ1) is 43.0. The van der Waals surface area contributed by atoms with E-state index in [4.69, 9.17) is 66.3 Å². The van der Waals surface area contributed by atoms with E-state index in [1.54, 1.807) is 65.0 Å². The zero-order chi connectivity index (χ0) is 65.5. The summed E-state index contributed by atoms with van der Waals surface area (Å²) < 4.78 is 88.9. The van der Waals surface area contributed by atoms with Crippen LogP contribution < -0.4 is 0 Å². The second-order valence-corrected chi connectivity index (χ2v) is 25.2. The molecule has 0 bridgehead atoms. The average Bonchev–Trinajstić information content (AvgIpc) is 0.839. The molecule has 0 spiro atoms. The first-order valence-corrected chi connectivity index (χ1v) is 32.8. The van der Waals surface area contributed by atoms with E-state index >= 15 is 0 Å². The summed E-state index contributed by atoms with van der Waals surface area (Å²) in [6.45, 7) is 16.4. The first-order valence-electron chi connectivity index (χ1n) is 32.8. The second-order valence-electron chi connectivity index (χ2n) is 25.2. The number of unbranched alkanes of at least 4 members (excludes halogenated alkanes) is 2. The minimum Gasteiger partial charge on any atom is -0.455 e. The van der Waals surface area contributed by atoms with Crippen LogP contribution in [0.5, 0.6) is 0 Å². The molecular weight excluding hydrogens is 1180 g/mol. The number of carbonyl (C=O) groups is 4. The summed E-state index contributed by atoms with van der Waals surface area (Å²) in [7, 11) is 0. The number of rotatable bonds is 19. The summed E-state index contributed by atoms with van der Waals surface area (Å²) in [5, 5.41) is 81.4. The maximum absolute atomic E-state index is 14.3. The largest absolute Gasteiger partial charge is 0.455 e. The van der Waals surface area contributed by atoms with Crippen molar-refractivity contribution < 1.29 is 121 Å². The lowest BCUT2D eigenvalue weighted by molar-refractivity contribution is -0.399. The number of ether oxygens (including phenoxy) is 14. The molecule has 6 heterocycles. The van der Waals surface area contributed by atoms with Gasteiger partial charge in [0.25, 0.3) is 0 Å². The first kappa shape index (κ1) is 73.6. The van der Waals surface area contributed by atoms with Crippen molar-refractivity contribution in [3.8, 4) is 0 Å². The van der Waals surface area contributed by atoms with Crippen LogP contribution >= 0.6 is 0 Å². The van der Waals surface area contributed by atoms with Crippen molar-refractivity contribution in [1.82, 2.24) is 0 Å². The van der Waals surface area contributed by atoms with E-state index in [0.29, 0.717) is 31.2 Å². The fraction of sp³-hybridized carbons (Fsp3) is 0.815. The Balaban J connectivity index is 1.24. The summed E-state index contributed by atoms with van der Waals surface area (Å²) in [4.78, 5) is 55.2. The van der Waals surface area contributed by atoms with E-state index in [-0.39, 0.29) is 18.9 Å². The molecule has 1 aromatic rings. The normalized spacial score (nSPS) is 41.0. The lowest BCUT2D eigenvalue weighted by Crippen LogP contribution is -2.68. The highest BCUT2D eigenvalue weighted by molar-refractivity contribution is 5.87. The summed E-state index contributed by atoms with van der Waals surface area (Å²) in [5.41, 5.74) is 0.661. The molecule has 6 saturated heterocycles. The third kappa shape index (κ3) is 19.2. The van der Waals surface area contributed by atoms with Crippen molar-refractivity contribution in [3.05, 3.63) is 42.0 Å². The minimum atomic E-state index is -1.95. The van der Waals surface area contributed by atoms with Crippen molar-refractivity contribution in [1.29, 1.82) is 0 Å². The molecule has 7 rings (SSSR count). The maximum Gasteiger partial charge on any atom is 0.331 e. The van der Waals surface area contributed by atoms with Gasteiger partial charge in [0.05, 0.1) is 48.5 Å². The number of aliphatic hydroxyl groups is 7. The van der Waals surface area contributed by atoms with Crippen molar-refractivity contribution in [2.75, 3.05) is 0 Å². The van der Waals surface area contributed by atoms with E-state index in [2.05, 4.69) is 6.92 Å². The summed E-state index contributed by atoms with van der Waals surface area (Å²) >= 11 is 0. The predicted molar refractivity (Wildman–Crippen MR) is 318 cm³/mol. The highest BCUT2D eigenvalue weighted by Crippen LogP contribution is 2.40. The molecule has 0 unspecified atom stereocenters. The third-order valence-corrected chi connectivity index (χ3v) is 18.1. The molecule has 0 amide bonds. The Morgan fingerprint density at radius 2 is 1.04 bits per heavy atom. The zero-order valence-corrected chi connectivity index (χ0v) is 53.8. The molecule has 1 aromatic carbocycles. The van der Waals surface area contributed by atoms with Gasteiger partial charge >= 0.3 is 23.9 Å². The number of esters is 4. The number of fused-ring (bicyclic) bond motifs is 2. The smallest absolute Gasteiger partial charge is 0.331 e. The maximum atomic E-state index is 14.3. The molecule has 90 heavy (non-hydrogen) atoms. The van der Waals surface area contributed by atoms with E-state index in [1.807, 2.05) is 0 Å². The van der Waals surface area contributed by atoms with Gasteiger partial charge < -0.3 is 102 Å². The van der Waals surface area contributed by atoms with E-state index in [1.165, 1.54) is 33.8 Å². The number of carbonyl (C=O) groups excluding carboxylic acids is 4. The highest BCUT2D eigenvalue weighted by Gasteiger charge is 2.59. The van der Waals surface area contributed by atoms with Crippen molar-refractivity contribution in [2.45, 2.75) is 325 Å². The Bertz CT molecular complexity index is 2380. The molecule has 6 aliphatic heterocycles. The van der Waals surface area contributed by atoms with Crippen LogP contribution in [0.25, 0.3) is 6.08 Å². The minimum absolute atomic E-state index is 0.0408. The third-order valence-electron chi connectivity index (χ3n) is 18.1. The average molecular weight is 1280 g/mol. The molecule has 0 radical (unpaired) electrons. The van der Waals surface area contributed by atoms with Crippen LogP contribution in [-0.2, 0) is 85.5 Å². The topological polar surface area (TPSA) is 339 Å². The van der Waals surface area contributed by atoms with E-state index in [9.17, 15) is 54.9 Å². The summed E-state index contributed by atoms with van der Waals surface area (Å²) in [6, 6.07) is 8.86. The SMILES string of the molecule is CCCCC[C@H]1CCCCCCCCCC(=O)O[C@H]2[C@H](O[C@H]3[C@H](O1)O[C@H](C)[C@H](O)[C@@H]3O)O[C@@H](C)[C@H](O[C@@H]1O[C@@H](C)[C@H](O[C@@H]3O[C@@H](C)[C@H](OC(=O)[C@@H](C)CC)[C@@H](OC(=O)C=Cc4ccccc4)[C@H]3O)[C@@H](O[C@@H]3O[C@@H](C)[C@H](O)[C@@H](O)[C@H]3O)[C@H]1OC(=O)[C@@H](C)CC)[C@H]2O. The Morgan fingerprint density at radius 1 is 0.511 bits per heavy atom. The molecular formula is C65H102O25. The summed E-state index contributed by atoms with van der Waals surface area (Å²) in [6.07, 6.45) is -25.8. The second kappa shape index (κ2) is 35.1. The molecule has 7 N–H and O–H groups in total. The van der Waals surface area contributed by atoms with Crippen LogP contribution in [0, 0.1) is 11.8 Å². The monoisotopic (exact) mass is 1280 g/mol. The van der Waals surface area contributed by atoms with Gasteiger partial charge in [-0.3, -0.25) is 14.4 Å². The molecule has 0 saturated carbocycles. The number of benzene rings is 1. The van der Waals surface area contributed by atoms with Crippen LogP contribution in [0.3, 0.4) is 0 Å². The fourth-order valence-corrected chi connectivity index (χ4v) is 11.9. The van der Waals surface area contributed by atoms with E-state index in [0.717, 1.165) is 63.9 Å². The molecule has 0 aliphatic carbocycles. The molecule has 512 valence electrons. The van der Waals surface area contributed by atoms with Crippen molar-refractivity contribution >= 4 is 30.0 Å². The number of aliphatic hydroxyl groups excluding tert-OH is 7. The van der Waals surface area contributed by atoms with E-state index < -0.39 is 189 Å². The van der Waals surface area contributed by atoms with Gasteiger partial charge in [0.2, 0.25) is 0 Å². The molecule has 28 atom stereocenters. The van der Waals surface area contributed by atoms with Gasteiger partial charge in [0.1, 0.15) is 67.1 Å². The van der Waals surface area contributed by atoms with Gasteiger partial charge in [-0.15, -0.1) is 0 Å². The zero-order valence-electron chi connectivity index (χ0n) is 53.8. The lowest BCUT2D eigenvalue weighted by atomic mass is 9.95. The van der Waals surface area contributed by atoms with Crippen LogP contribution in [0.2, 0.25) is 0 Å². The van der Waals surface area contributed by atoms with Gasteiger partial charge in [-0.2, -0.15) is 0 Å². The van der Waals surface area contributed by atoms with Crippen LogP contribution in [0.4, 0.5) is 0 Å². The summed E-state index contributed by atoms with van der Waals surface area (Å²) in [5.74, 6) is -4.47. The Morgan fingerprint density at radius 3 is 1.71 bits per heavy atom. The molecule has 25 nitrogen and oxygen atoms in total. The van der Waals surface area contributed by atoms with Crippen molar-refractivity contribution in [2.24, 2.45) is 11.8 Å². The Labute approximate surface area is 528 Å². The van der Waals surface area contributed by atoms with Crippen LogP contribution in [0.1, 0.15) is 171 Å². The molecule has 6 fully saturated rings.